The number of aliphatic hydroxyl groups excluding tert-OH is 1. The molecule has 0 amide bonds. The van der Waals surface area contributed by atoms with Crippen molar-refractivity contribution < 1.29 is 9.84 Å². The Morgan fingerprint density at radius 3 is 2.60 bits per heavy atom. The summed E-state index contributed by atoms with van der Waals surface area (Å²) in [4.78, 5) is 7.13. The van der Waals surface area contributed by atoms with Gasteiger partial charge in [0, 0.05) is 63.1 Å². The number of aliphatic hydroxyl groups is 1. The summed E-state index contributed by atoms with van der Waals surface area (Å²) in [6, 6.07) is 11.4. The van der Waals surface area contributed by atoms with Crippen molar-refractivity contribution in [1.29, 1.82) is 0 Å². The Kier molecular flexibility index (Phi) is 7.63. The van der Waals surface area contributed by atoms with Crippen molar-refractivity contribution in [1.82, 2.24) is 24.8 Å². The molecule has 1 saturated carbocycles. The molecule has 0 radical (unpaired) electrons. The summed E-state index contributed by atoms with van der Waals surface area (Å²) in [5, 5.41) is 21.7. The molecular formula is C27H38N6O2. The number of anilines is 1. The fourth-order valence-corrected chi connectivity index (χ4v) is 5.40. The zero-order valence-electron chi connectivity index (χ0n) is 20.9. The van der Waals surface area contributed by atoms with E-state index in [1.807, 2.05) is 6.20 Å². The molecular weight excluding hydrogens is 440 g/mol. The first-order valence-electron chi connectivity index (χ1n) is 13.0. The Morgan fingerprint density at radius 1 is 1.14 bits per heavy atom. The lowest BCUT2D eigenvalue weighted by molar-refractivity contribution is 0.121. The van der Waals surface area contributed by atoms with Crippen LogP contribution in [-0.4, -0.2) is 76.6 Å². The summed E-state index contributed by atoms with van der Waals surface area (Å²) >= 11 is 0. The summed E-state index contributed by atoms with van der Waals surface area (Å²) in [7, 11) is 1.70. The zero-order chi connectivity index (χ0) is 24.2. The Hall–Kier alpha value is -2.52. The highest BCUT2D eigenvalue weighted by Gasteiger charge is 2.25. The number of nitrogens with zero attached hydrogens (tertiary/aromatic N) is 4. The molecule has 5 rings (SSSR count). The van der Waals surface area contributed by atoms with Gasteiger partial charge in [0.25, 0.3) is 0 Å². The molecule has 2 aromatic heterocycles. The van der Waals surface area contributed by atoms with E-state index >= 15 is 0 Å². The van der Waals surface area contributed by atoms with Gasteiger partial charge in [0.05, 0.1) is 24.4 Å². The third-order valence-corrected chi connectivity index (χ3v) is 7.33. The van der Waals surface area contributed by atoms with Crippen LogP contribution < -0.4 is 10.6 Å². The van der Waals surface area contributed by atoms with Gasteiger partial charge in [-0.05, 0) is 49.8 Å². The van der Waals surface area contributed by atoms with Crippen molar-refractivity contribution in [3.63, 3.8) is 0 Å². The second-order valence-corrected chi connectivity index (χ2v) is 10.1. The number of hydrogen-bond acceptors (Lipinski definition) is 7. The molecule has 1 aromatic carbocycles. The minimum atomic E-state index is -0.179. The lowest BCUT2D eigenvalue weighted by Gasteiger charge is -2.27. The summed E-state index contributed by atoms with van der Waals surface area (Å²) in [6.45, 7) is 7.97. The van der Waals surface area contributed by atoms with E-state index in [1.54, 1.807) is 7.11 Å². The van der Waals surface area contributed by atoms with Gasteiger partial charge < -0.3 is 20.5 Å². The minimum Gasteiger partial charge on any atom is -0.393 e. The molecule has 3 aromatic rings. The third-order valence-electron chi connectivity index (χ3n) is 7.33. The van der Waals surface area contributed by atoms with Gasteiger partial charge in [-0.2, -0.15) is 0 Å². The van der Waals surface area contributed by atoms with Gasteiger partial charge >= 0.3 is 0 Å². The standard InChI is InChI=1S/C27H38N6O2/c1-19(18-35-2)30-27-29-16-26-24(15-25(33(26)31-27)22-7-9-23(34)10-8-22)21-5-3-20(4-6-21)17-32-13-11-28-12-14-32/h3-6,15-16,19,22-23,28,34H,7-14,17-18H2,1-2H3,(H,30,31)/t19?,22-,23-. The van der Waals surface area contributed by atoms with Gasteiger partial charge in [-0.25, -0.2) is 9.50 Å². The van der Waals surface area contributed by atoms with Gasteiger partial charge in [-0.3, -0.25) is 4.90 Å². The molecule has 2 fully saturated rings. The van der Waals surface area contributed by atoms with Gasteiger partial charge in [0.2, 0.25) is 5.95 Å². The van der Waals surface area contributed by atoms with E-state index in [1.165, 1.54) is 16.8 Å². The summed E-state index contributed by atoms with van der Waals surface area (Å²) in [5.41, 5.74) is 5.92. The first-order valence-corrected chi connectivity index (χ1v) is 13.0. The van der Waals surface area contributed by atoms with Gasteiger partial charge in [-0.15, -0.1) is 5.10 Å². The molecule has 8 heteroatoms. The smallest absolute Gasteiger partial charge is 0.241 e. The highest BCUT2D eigenvalue weighted by molar-refractivity contribution is 5.81. The molecule has 3 N–H and O–H groups in total. The Bertz CT molecular complexity index is 1100. The molecule has 0 spiro atoms. The maximum Gasteiger partial charge on any atom is 0.241 e. The van der Waals surface area contributed by atoms with Crippen LogP contribution >= 0.6 is 0 Å². The monoisotopic (exact) mass is 478 g/mol. The van der Waals surface area contributed by atoms with Crippen LogP contribution in [0.5, 0.6) is 0 Å². The second-order valence-electron chi connectivity index (χ2n) is 10.1. The molecule has 188 valence electrons. The molecule has 1 atom stereocenters. The molecule has 2 aliphatic rings. The van der Waals surface area contributed by atoms with E-state index in [0.717, 1.165) is 69.5 Å². The Labute approximate surface area is 207 Å². The fourth-order valence-electron chi connectivity index (χ4n) is 5.40. The first kappa shape index (κ1) is 24.2. The van der Waals surface area contributed by atoms with Gasteiger partial charge in [-0.1, -0.05) is 24.3 Å². The molecule has 3 heterocycles. The van der Waals surface area contributed by atoms with Crippen LogP contribution in [0.3, 0.4) is 0 Å². The molecule has 8 nitrogen and oxygen atoms in total. The maximum absolute atomic E-state index is 10.0. The van der Waals surface area contributed by atoms with E-state index in [9.17, 15) is 5.11 Å². The normalized spacial score (nSPS) is 22.4. The lowest BCUT2D eigenvalue weighted by atomic mass is 9.85. The number of aromatic nitrogens is 3. The third kappa shape index (κ3) is 5.67. The average molecular weight is 479 g/mol. The Balaban J connectivity index is 1.45. The number of piperazine rings is 1. The predicted octanol–water partition coefficient (Wildman–Crippen LogP) is 3.27. The molecule has 35 heavy (non-hydrogen) atoms. The SMILES string of the molecule is COCC(C)Nc1ncc2c(-c3ccc(CN4CCNCC4)cc3)cc([C@H]3CC[C@H](O)CC3)n2n1. The maximum atomic E-state index is 10.0. The first-order chi connectivity index (χ1) is 17.1. The van der Waals surface area contributed by atoms with Crippen LogP contribution in [0.15, 0.2) is 36.5 Å². The molecule has 1 aliphatic carbocycles. The summed E-state index contributed by atoms with van der Waals surface area (Å²) < 4.78 is 7.33. The van der Waals surface area contributed by atoms with E-state index in [0.29, 0.717) is 18.5 Å². The van der Waals surface area contributed by atoms with Crippen LogP contribution in [0.4, 0.5) is 5.95 Å². The number of fused-ring (bicyclic) bond motifs is 1. The minimum absolute atomic E-state index is 0.115. The van der Waals surface area contributed by atoms with Crippen LogP contribution in [0.25, 0.3) is 16.6 Å². The topological polar surface area (TPSA) is 87.0 Å². The van der Waals surface area contributed by atoms with Crippen LogP contribution in [0, 0.1) is 0 Å². The largest absolute Gasteiger partial charge is 0.393 e. The lowest BCUT2D eigenvalue weighted by Crippen LogP contribution is -2.42. The van der Waals surface area contributed by atoms with E-state index < -0.39 is 0 Å². The number of nitrogens with one attached hydrogen (secondary N) is 2. The second kappa shape index (κ2) is 11.0. The predicted molar refractivity (Wildman–Crippen MR) is 139 cm³/mol. The molecule has 1 unspecified atom stereocenters. The average Bonchev–Trinajstić information content (AvgIpc) is 3.24. The summed E-state index contributed by atoms with van der Waals surface area (Å²) in [6.07, 6.45) is 5.39. The van der Waals surface area contributed by atoms with Crippen molar-refractivity contribution in [2.75, 3.05) is 45.2 Å². The quantitative estimate of drug-likeness (QED) is 0.458. The number of ether oxygens (including phenoxy) is 1. The van der Waals surface area contributed by atoms with Crippen molar-refractivity contribution in [2.45, 2.75) is 57.2 Å². The zero-order valence-corrected chi connectivity index (χ0v) is 20.9. The summed E-state index contributed by atoms with van der Waals surface area (Å²) in [5.74, 6) is 0.985. The molecule has 0 bridgehead atoms. The number of methoxy groups -OCH3 is 1. The van der Waals surface area contributed by atoms with Crippen molar-refractivity contribution in [3.8, 4) is 11.1 Å². The molecule has 1 aliphatic heterocycles. The van der Waals surface area contributed by atoms with Gasteiger partial charge in [0.15, 0.2) is 0 Å². The fraction of sp³-hybridized carbons (Fsp3) is 0.556. The molecule has 1 saturated heterocycles. The highest BCUT2D eigenvalue weighted by Crippen LogP contribution is 2.37. The van der Waals surface area contributed by atoms with E-state index in [4.69, 9.17) is 9.84 Å². The van der Waals surface area contributed by atoms with Gasteiger partial charge in [0.1, 0.15) is 0 Å². The highest BCUT2D eigenvalue weighted by atomic mass is 16.5. The van der Waals surface area contributed by atoms with Crippen molar-refractivity contribution in [3.05, 3.63) is 47.8 Å². The van der Waals surface area contributed by atoms with Crippen LogP contribution in [0.2, 0.25) is 0 Å². The van der Waals surface area contributed by atoms with Crippen LogP contribution in [-0.2, 0) is 11.3 Å². The number of rotatable bonds is 8. The van der Waals surface area contributed by atoms with E-state index in [-0.39, 0.29) is 12.1 Å². The van der Waals surface area contributed by atoms with E-state index in [2.05, 4.69) is 62.3 Å². The number of benzene rings is 1. The van der Waals surface area contributed by atoms with Crippen molar-refractivity contribution in [2.24, 2.45) is 0 Å². The van der Waals surface area contributed by atoms with Crippen LogP contribution in [0.1, 0.15) is 49.8 Å². The van der Waals surface area contributed by atoms with Crippen molar-refractivity contribution >= 4 is 11.5 Å². The Morgan fingerprint density at radius 2 is 1.89 bits per heavy atom. The number of hydrogen-bond donors (Lipinski definition) is 3.